The van der Waals surface area contributed by atoms with Crippen LogP contribution in [0.2, 0.25) is 0 Å². The molecule has 1 fully saturated rings. The summed E-state index contributed by atoms with van der Waals surface area (Å²) in [6, 6.07) is 9.02. The molecule has 0 spiro atoms. The number of anilines is 1. The summed E-state index contributed by atoms with van der Waals surface area (Å²) in [4.78, 5) is 26.0. The highest BCUT2D eigenvalue weighted by atomic mass is 16.4. The molecule has 1 aliphatic heterocycles. The van der Waals surface area contributed by atoms with Gasteiger partial charge >= 0.3 is 12.1 Å². The van der Waals surface area contributed by atoms with Crippen molar-refractivity contribution in [3.63, 3.8) is 0 Å². The molecule has 114 valence electrons. The van der Waals surface area contributed by atoms with Gasteiger partial charge in [-0.2, -0.15) is 0 Å². The van der Waals surface area contributed by atoms with Crippen LogP contribution in [0.5, 0.6) is 0 Å². The summed E-state index contributed by atoms with van der Waals surface area (Å²) in [6.45, 7) is 3.70. The Balaban J connectivity index is 1.62. The molecule has 0 unspecified atom stereocenters. The third-order valence-electron chi connectivity index (χ3n) is 3.39. The first-order valence-electron chi connectivity index (χ1n) is 6.95. The van der Waals surface area contributed by atoms with Crippen LogP contribution in [-0.2, 0) is 0 Å². The maximum absolute atomic E-state index is 11.7. The van der Waals surface area contributed by atoms with E-state index < -0.39 is 6.09 Å². The number of benzene rings is 1. The van der Waals surface area contributed by atoms with Gasteiger partial charge in [0.1, 0.15) is 0 Å². The Labute approximate surface area is 123 Å². The monoisotopic (exact) mass is 292 g/mol. The predicted molar refractivity (Wildman–Crippen MR) is 79.5 cm³/mol. The molecule has 0 aromatic heterocycles. The van der Waals surface area contributed by atoms with Gasteiger partial charge in [-0.15, -0.1) is 0 Å². The molecule has 0 aliphatic carbocycles. The molecule has 2 rings (SSSR count). The fourth-order valence-corrected chi connectivity index (χ4v) is 2.19. The molecular weight excluding hydrogens is 272 g/mol. The van der Waals surface area contributed by atoms with Crippen molar-refractivity contribution in [2.45, 2.75) is 0 Å². The van der Waals surface area contributed by atoms with Crippen molar-refractivity contribution in [3.8, 4) is 0 Å². The number of carbonyl (C=O) groups is 2. The van der Waals surface area contributed by atoms with Crippen molar-refractivity contribution in [2.24, 2.45) is 0 Å². The van der Waals surface area contributed by atoms with Gasteiger partial charge in [0, 0.05) is 45.0 Å². The molecule has 0 atom stereocenters. The van der Waals surface area contributed by atoms with Gasteiger partial charge in [-0.1, -0.05) is 18.2 Å². The molecule has 1 heterocycles. The first-order valence-corrected chi connectivity index (χ1v) is 6.95. The van der Waals surface area contributed by atoms with Crippen LogP contribution in [0.15, 0.2) is 30.3 Å². The third kappa shape index (κ3) is 4.96. The van der Waals surface area contributed by atoms with Gasteiger partial charge in [0.25, 0.3) is 0 Å². The van der Waals surface area contributed by atoms with Crippen LogP contribution in [0.3, 0.4) is 0 Å². The van der Waals surface area contributed by atoms with Crippen LogP contribution in [0, 0.1) is 0 Å². The highest BCUT2D eigenvalue weighted by Gasteiger charge is 2.19. The number of carbonyl (C=O) groups excluding carboxylic acids is 1. The Hall–Kier alpha value is -2.28. The molecule has 0 saturated carbocycles. The van der Waals surface area contributed by atoms with Crippen molar-refractivity contribution in [1.82, 2.24) is 15.1 Å². The molecule has 3 amide bonds. The topological polar surface area (TPSA) is 84.9 Å². The van der Waals surface area contributed by atoms with E-state index in [-0.39, 0.29) is 6.03 Å². The van der Waals surface area contributed by atoms with E-state index in [0.717, 1.165) is 12.2 Å². The van der Waals surface area contributed by atoms with E-state index in [4.69, 9.17) is 5.11 Å². The number of piperazine rings is 1. The maximum atomic E-state index is 11.7. The van der Waals surface area contributed by atoms with Gasteiger partial charge in [0.2, 0.25) is 0 Å². The summed E-state index contributed by atoms with van der Waals surface area (Å²) in [5.74, 6) is 0. The Morgan fingerprint density at radius 2 is 1.76 bits per heavy atom. The number of urea groups is 1. The first-order chi connectivity index (χ1) is 10.1. The average molecular weight is 292 g/mol. The molecule has 7 nitrogen and oxygen atoms in total. The quantitative estimate of drug-likeness (QED) is 0.776. The van der Waals surface area contributed by atoms with E-state index in [1.54, 1.807) is 0 Å². The van der Waals surface area contributed by atoms with Gasteiger partial charge in [0.05, 0.1) is 0 Å². The zero-order valence-electron chi connectivity index (χ0n) is 11.8. The van der Waals surface area contributed by atoms with Crippen molar-refractivity contribution < 1.29 is 14.7 Å². The minimum Gasteiger partial charge on any atom is -0.465 e. The second-order valence-electron chi connectivity index (χ2n) is 4.86. The lowest BCUT2D eigenvalue weighted by Gasteiger charge is -2.32. The molecule has 1 saturated heterocycles. The molecule has 21 heavy (non-hydrogen) atoms. The fraction of sp³-hybridized carbons (Fsp3) is 0.429. The van der Waals surface area contributed by atoms with Gasteiger partial charge < -0.3 is 20.6 Å². The number of nitrogens with one attached hydrogen (secondary N) is 2. The predicted octanol–water partition coefficient (Wildman–Crippen LogP) is 1.10. The van der Waals surface area contributed by atoms with Crippen LogP contribution in [0.4, 0.5) is 15.3 Å². The van der Waals surface area contributed by atoms with E-state index in [1.165, 1.54) is 4.90 Å². The SMILES string of the molecule is O=C(NCCN1CCN(C(=O)O)CC1)Nc1ccccc1. The van der Waals surface area contributed by atoms with Crippen molar-refractivity contribution >= 4 is 17.8 Å². The Morgan fingerprint density at radius 1 is 1.10 bits per heavy atom. The Morgan fingerprint density at radius 3 is 2.38 bits per heavy atom. The minimum atomic E-state index is -0.866. The van der Waals surface area contributed by atoms with Crippen LogP contribution < -0.4 is 10.6 Å². The summed E-state index contributed by atoms with van der Waals surface area (Å²) >= 11 is 0. The van der Waals surface area contributed by atoms with Gasteiger partial charge in [0.15, 0.2) is 0 Å². The second-order valence-corrected chi connectivity index (χ2v) is 4.86. The Kier molecular flexibility index (Phi) is 5.39. The number of amides is 3. The van der Waals surface area contributed by atoms with E-state index in [0.29, 0.717) is 32.7 Å². The summed E-state index contributed by atoms with van der Waals surface area (Å²) in [6.07, 6.45) is -0.866. The lowest BCUT2D eigenvalue weighted by molar-refractivity contribution is 0.106. The molecule has 1 aromatic carbocycles. The number of hydrogen-bond acceptors (Lipinski definition) is 3. The number of para-hydroxylation sites is 1. The molecular formula is C14H20N4O3. The molecule has 0 radical (unpaired) electrons. The molecule has 7 heteroatoms. The zero-order chi connectivity index (χ0) is 15.1. The van der Waals surface area contributed by atoms with Crippen LogP contribution in [0.25, 0.3) is 0 Å². The highest BCUT2D eigenvalue weighted by molar-refractivity contribution is 5.89. The third-order valence-corrected chi connectivity index (χ3v) is 3.39. The maximum Gasteiger partial charge on any atom is 0.407 e. The number of hydrogen-bond donors (Lipinski definition) is 3. The zero-order valence-corrected chi connectivity index (χ0v) is 11.8. The standard InChI is InChI=1S/C14H20N4O3/c19-13(16-12-4-2-1-3-5-12)15-6-7-17-8-10-18(11-9-17)14(20)21/h1-5H,6-11H2,(H,20,21)(H2,15,16,19). The normalized spacial score (nSPS) is 15.5. The number of rotatable bonds is 4. The number of nitrogens with zero attached hydrogens (tertiary/aromatic N) is 2. The van der Waals surface area contributed by atoms with E-state index in [1.807, 2.05) is 30.3 Å². The van der Waals surface area contributed by atoms with E-state index >= 15 is 0 Å². The number of carboxylic acid groups (broad SMARTS) is 1. The largest absolute Gasteiger partial charge is 0.465 e. The smallest absolute Gasteiger partial charge is 0.407 e. The molecule has 1 aromatic rings. The van der Waals surface area contributed by atoms with Crippen molar-refractivity contribution in [3.05, 3.63) is 30.3 Å². The molecule has 1 aliphatic rings. The van der Waals surface area contributed by atoms with E-state index in [9.17, 15) is 9.59 Å². The highest BCUT2D eigenvalue weighted by Crippen LogP contribution is 2.04. The summed E-state index contributed by atoms with van der Waals surface area (Å²) < 4.78 is 0. The van der Waals surface area contributed by atoms with Gasteiger partial charge in [-0.3, -0.25) is 4.90 Å². The molecule has 0 bridgehead atoms. The van der Waals surface area contributed by atoms with Gasteiger partial charge in [-0.05, 0) is 12.1 Å². The first kappa shape index (κ1) is 15.1. The summed E-state index contributed by atoms with van der Waals surface area (Å²) in [5, 5.41) is 14.4. The Bertz CT molecular complexity index is 472. The lowest BCUT2D eigenvalue weighted by Crippen LogP contribution is -2.50. The molecule has 3 N–H and O–H groups in total. The summed E-state index contributed by atoms with van der Waals surface area (Å²) in [7, 11) is 0. The van der Waals surface area contributed by atoms with Crippen LogP contribution >= 0.6 is 0 Å². The lowest BCUT2D eigenvalue weighted by atomic mass is 10.3. The van der Waals surface area contributed by atoms with Gasteiger partial charge in [-0.25, -0.2) is 9.59 Å². The summed E-state index contributed by atoms with van der Waals surface area (Å²) in [5.41, 5.74) is 0.755. The van der Waals surface area contributed by atoms with E-state index in [2.05, 4.69) is 15.5 Å². The van der Waals surface area contributed by atoms with Crippen LogP contribution in [-0.4, -0.2) is 66.3 Å². The second kappa shape index (κ2) is 7.49. The minimum absolute atomic E-state index is 0.231. The average Bonchev–Trinajstić information content (AvgIpc) is 2.49. The van der Waals surface area contributed by atoms with Crippen LogP contribution in [0.1, 0.15) is 0 Å². The van der Waals surface area contributed by atoms with Crippen molar-refractivity contribution in [1.29, 1.82) is 0 Å². The van der Waals surface area contributed by atoms with Crippen molar-refractivity contribution in [2.75, 3.05) is 44.6 Å². The fourth-order valence-electron chi connectivity index (χ4n) is 2.19.